The number of carbonyl (C=O) groups excluding carboxylic acids is 4. The summed E-state index contributed by atoms with van der Waals surface area (Å²) in [6.07, 6.45) is 7.32. The van der Waals surface area contributed by atoms with Gasteiger partial charge in [0.15, 0.2) is 0 Å². The van der Waals surface area contributed by atoms with E-state index in [1.807, 2.05) is 35.2 Å². The van der Waals surface area contributed by atoms with E-state index in [0.717, 1.165) is 10.0 Å². The van der Waals surface area contributed by atoms with Crippen LogP contribution < -0.4 is 18.9 Å². The van der Waals surface area contributed by atoms with Gasteiger partial charge in [0, 0.05) is 4.47 Å². The van der Waals surface area contributed by atoms with E-state index >= 15 is 0 Å². The molecule has 5 rings (SSSR count). The van der Waals surface area contributed by atoms with Crippen molar-refractivity contribution < 1.29 is 23.9 Å². The van der Waals surface area contributed by atoms with Gasteiger partial charge in [-0.05, 0) is 24.3 Å². The molecule has 2 N–H and O–H groups in total. The SMILES string of the molecule is CCC[CH2][Sn]([CH2]CCC)([CH2]CCC)[c]1cccc(C(=O)N2CCN(C3(c4ccc(Oc5ccc(Br)cc5)cc4)C(=O)NC(=O)NC3=O)CC2)c1. The molecule has 9 nitrogen and oxygen atoms in total. The number of amides is 5. The molecule has 3 aromatic carbocycles. The van der Waals surface area contributed by atoms with E-state index in [1.165, 1.54) is 55.4 Å². The zero-order chi connectivity index (χ0) is 35.7. The van der Waals surface area contributed by atoms with Gasteiger partial charge < -0.3 is 4.74 Å². The molecule has 5 amide bonds. The van der Waals surface area contributed by atoms with Crippen molar-refractivity contribution in [1.82, 2.24) is 20.4 Å². The summed E-state index contributed by atoms with van der Waals surface area (Å²) in [6.45, 7) is 8.02. The maximum absolute atomic E-state index is 14.0. The number of nitrogens with zero attached hydrogens (tertiary/aromatic N) is 2. The van der Waals surface area contributed by atoms with Gasteiger partial charge in [0.05, 0.1) is 0 Å². The Morgan fingerprint density at radius 1 is 0.760 bits per heavy atom. The minimum absolute atomic E-state index is 0.0237. The zero-order valence-corrected chi connectivity index (χ0v) is 33.9. The van der Waals surface area contributed by atoms with E-state index in [9.17, 15) is 19.2 Å². The number of carbonyl (C=O) groups is 4. The normalized spacial score (nSPS) is 16.6. The Balaban J connectivity index is 1.36. The molecule has 3 aromatic rings. The Morgan fingerprint density at radius 3 is 1.80 bits per heavy atom. The second-order valence-corrected chi connectivity index (χ2v) is 27.6. The Hall–Kier alpha value is -3.22. The fourth-order valence-corrected chi connectivity index (χ4v) is 23.7. The Labute approximate surface area is 308 Å². The summed E-state index contributed by atoms with van der Waals surface area (Å²) in [4.78, 5) is 57.2. The number of piperazine rings is 1. The van der Waals surface area contributed by atoms with E-state index in [-0.39, 0.29) is 19.0 Å². The number of unbranched alkanes of at least 4 members (excludes halogenated alkanes) is 3. The molecule has 2 saturated heterocycles. The molecular formula is C39H49BrN4O5Sn. The molecule has 0 aromatic heterocycles. The fraction of sp³-hybridized carbons (Fsp3) is 0.436. The molecule has 2 fully saturated rings. The number of barbiturate groups is 1. The molecule has 11 heteroatoms. The molecule has 0 saturated carbocycles. The number of urea groups is 1. The van der Waals surface area contributed by atoms with Gasteiger partial charge in [-0.2, -0.15) is 0 Å². The van der Waals surface area contributed by atoms with Gasteiger partial charge in [-0.1, -0.05) is 15.9 Å². The van der Waals surface area contributed by atoms with E-state index in [0.29, 0.717) is 30.2 Å². The van der Waals surface area contributed by atoms with Crippen LogP contribution in [-0.4, -0.2) is 78.1 Å². The third kappa shape index (κ3) is 8.28. The van der Waals surface area contributed by atoms with Crippen molar-refractivity contribution in [1.29, 1.82) is 0 Å². The second-order valence-electron chi connectivity index (χ2n) is 13.5. The first kappa shape index (κ1) is 38.0. The summed E-state index contributed by atoms with van der Waals surface area (Å²) in [6, 6.07) is 21.8. The summed E-state index contributed by atoms with van der Waals surface area (Å²) < 4.78 is 12.3. The molecule has 0 radical (unpaired) electrons. The predicted molar refractivity (Wildman–Crippen MR) is 202 cm³/mol. The average molecular weight is 852 g/mol. The monoisotopic (exact) mass is 852 g/mol. The van der Waals surface area contributed by atoms with Gasteiger partial charge in [0.2, 0.25) is 0 Å². The van der Waals surface area contributed by atoms with Crippen LogP contribution in [0.5, 0.6) is 11.5 Å². The molecule has 2 aliphatic rings. The number of benzene rings is 3. The van der Waals surface area contributed by atoms with Crippen molar-refractivity contribution in [2.45, 2.75) is 78.1 Å². The van der Waals surface area contributed by atoms with Crippen LogP contribution in [0.4, 0.5) is 4.79 Å². The molecule has 50 heavy (non-hydrogen) atoms. The van der Waals surface area contributed by atoms with Gasteiger partial charge in [-0.25, -0.2) is 4.79 Å². The van der Waals surface area contributed by atoms with Crippen LogP contribution in [0.25, 0.3) is 0 Å². The molecule has 2 aliphatic heterocycles. The molecular weight excluding hydrogens is 803 g/mol. The minimum atomic E-state index is -2.75. The molecule has 0 atom stereocenters. The first-order chi connectivity index (χ1) is 24.2. The van der Waals surface area contributed by atoms with Gasteiger partial charge >= 0.3 is 245 Å². The summed E-state index contributed by atoms with van der Waals surface area (Å²) in [5.41, 5.74) is -0.660. The molecule has 266 valence electrons. The zero-order valence-electron chi connectivity index (χ0n) is 29.4. The van der Waals surface area contributed by atoms with Crippen molar-refractivity contribution in [3.05, 3.63) is 88.4 Å². The number of hydrogen-bond acceptors (Lipinski definition) is 6. The quantitative estimate of drug-likeness (QED) is 0.123. The molecule has 0 bridgehead atoms. The van der Waals surface area contributed by atoms with Crippen LogP contribution in [0.15, 0.2) is 77.3 Å². The Morgan fingerprint density at radius 2 is 1.28 bits per heavy atom. The number of ether oxygens (including phenoxy) is 1. The van der Waals surface area contributed by atoms with Crippen LogP contribution in [0.1, 0.15) is 75.2 Å². The summed E-state index contributed by atoms with van der Waals surface area (Å²) in [5.74, 6) is -0.280. The summed E-state index contributed by atoms with van der Waals surface area (Å²) >= 11 is 0.671. The summed E-state index contributed by atoms with van der Waals surface area (Å²) in [5, 5.41) is 4.64. The van der Waals surface area contributed by atoms with Crippen molar-refractivity contribution in [2.75, 3.05) is 26.2 Å². The molecule has 0 aliphatic carbocycles. The van der Waals surface area contributed by atoms with Gasteiger partial charge in [0.1, 0.15) is 11.5 Å². The van der Waals surface area contributed by atoms with Gasteiger partial charge in [0.25, 0.3) is 0 Å². The number of rotatable bonds is 15. The maximum atomic E-state index is 14.0. The van der Waals surface area contributed by atoms with Crippen LogP contribution in [0.3, 0.4) is 0 Å². The van der Waals surface area contributed by atoms with Crippen LogP contribution >= 0.6 is 15.9 Å². The van der Waals surface area contributed by atoms with Crippen LogP contribution in [0, 0.1) is 0 Å². The van der Waals surface area contributed by atoms with Crippen LogP contribution in [0.2, 0.25) is 13.3 Å². The second kappa shape index (κ2) is 17.3. The van der Waals surface area contributed by atoms with Gasteiger partial charge in [-0.3, -0.25) is 0 Å². The molecule has 0 spiro atoms. The first-order valence-electron chi connectivity index (χ1n) is 18.0. The van der Waals surface area contributed by atoms with Crippen LogP contribution in [-0.2, 0) is 15.1 Å². The third-order valence-corrected chi connectivity index (χ3v) is 26.4. The van der Waals surface area contributed by atoms with Crippen molar-refractivity contribution in [3.63, 3.8) is 0 Å². The number of nitrogens with one attached hydrogen (secondary N) is 2. The fourth-order valence-electron chi connectivity index (χ4n) is 7.42. The van der Waals surface area contributed by atoms with E-state index in [4.69, 9.17) is 4.74 Å². The predicted octanol–water partition coefficient (Wildman–Crippen LogP) is 7.32. The molecule has 2 heterocycles. The number of hydrogen-bond donors (Lipinski definition) is 2. The van der Waals surface area contributed by atoms with E-state index in [2.05, 4.69) is 65.5 Å². The average Bonchev–Trinajstić information content (AvgIpc) is 3.13. The Bertz CT molecular complexity index is 1620. The topological polar surface area (TPSA) is 108 Å². The third-order valence-electron chi connectivity index (χ3n) is 10.2. The van der Waals surface area contributed by atoms with Crippen molar-refractivity contribution in [2.24, 2.45) is 0 Å². The van der Waals surface area contributed by atoms with Crippen molar-refractivity contribution >= 4 is 61.6 Å². The standard InChI is InChI=1S/C27H22BrN4O5.3C4H9.Sn/c28-20-8-12-22(13-9-20)37-21-10-6-19(7-11-21)27(24(34)29-26(36)30-25(27)35)32-16-14-31(15-17-32)23(33)18-4-2-1-3-5-18;3*1-3-4-2;/h1-2,4-13H,14-17H2,(H2,29,30,34,35,36);3*1,3-4H2,2H3;. The number of imide groups is 2. The number of halogens is 1. The van der Waals surface area contributed by atoms with E-state index < -0.39 is 41.8 Å². The van der Waals surface area contributed by atoms with Crippen molar-refractivity contribution in [3.8, 4) is 11.5 Å². The molecule has 0 unspecified atom stereocenters. The Kier molecular flexibility index (Phi) is 13.2. The summed E-state index contributed by atoms with van der Waals surface area (Å²) in [7, 11) is 0. The first-order valence-corrected chi connectivity index (χ1v) is 26.3. The van der Waals surface area contributed by atoms with Gasteiger partial charge in [-0.15, -0.1) is 0 Å². The van der Waals surface area contributed by atoms with E-state index in [1.54, 1.807) is 29.2 Å².